The molecule has 1 N–H and O–H groups in total. The third-order valence-corrected chi connectivity index (χ3v) is 5.65. The van der Waals surface area contributed by atoms with Gasteiger partial charge in [0, 0.05) is 22.1 Å². The number of nitrogens with one attached hydrogen (secondary N) is 1. The number of nitrogens with zero attached hydrogens (tertiary/aromatic N) is 2. The predicted octanol–water partition coefficient (Wildman–Crippen LogP) is 5.03. The van der Waals surface area contributed by atoms with E-state index in [1.54, 1.807) is 13.8 Å². The maximum absolute atomic E-state index is 13.1. The van der Waals surface area contributed by atoms with E-state index in [1.807, 2.05) is 0 Å². The molecule has 0 aromatic heterocycles. The van der Waals surface area contributed by atoms with Crippen molar-refractivity contribution in [1.82, 2.24) is 0 Å². The summed E-state index contributed by atoms with van der Waals surface area (Å²) in [6.07, 6.45) is -4.96. The van der Waals surface area contributed by atoms with Crippen LogP contribution in [-0.4, -0.2) is 26.7 Å². The summed E-state index contributed by atoms with van der Waals surface area (Å²) in [6, 6.07) is 6.86. The van der Waals surface area contributed by atoms with E-state index in [9.17, 15) is 32.5 Å². The summed E-state index contributed by atoms with van der Waals surface area (Å²) in [7, 11) is 0. The Bertz CT molecular complexity index is 1040. The van der Waals surface area contributed by atoms with Crippen LogP contribution in [0.4, 0.5) is 28.9 Å². The van der Waals surface area contributed by atoms with Crippen molar-refractivity contribution in [3.05, 3.63) is 69.5 Å². The van der Waals surface area contributed by atoms with Crippen molar-refractivity contribution in [2.75, 3.05) is 5.32 Å². The molecule has 1 unspecified atom stereocenters. The summed E-state index contributed by atoms with van der Waals surface area (Å²) >= 11 is 1.28. The van der Waals surface area contributed by atoms with Crippen LogP contribution in [0.25, 0.3) is 0 Å². The molecule has 0 bridgehead atoms. The molecule has 0 saturated heterocycles. The zero-order valence-electron chi connectivity index (χ0n) is 15.7. The summed E-state index contributed by atoms with van der Waals surface area (Å²) < 4.78 is 51.9. The van der Waals surface area contributed by atoms with Gasteiger partial charge in [0.15, 0.2) is 0 Å². The molecule has 1 heterocycles. The maximum Gasteiger partial charge on any atom is 0.423 e. The maximum atomic E-state index is 13.1. The van der Waals surface area contributed by atoms with Crippen LogP contribution in [0.15, 0.2) is 47.5 Å². The molecule has 0 saturated carbocycles. The van der Waals surface area contributed by atoms with Gasteiger partial charge in [-0.3, -0.25) is 19.9 Å². The highest BCUT2D eigenvalue weighted by Crippen LogP contribution is 2.41. The van der Waals surface area contributed by atoms with Crippen LogP contribution < -0.4 is 5.32 Å². The summed E-state index contributed by atoms with van der Waals surface area (Å²) in [5.41, 5.74) is -2.18. The number of benzene rings is 2. The first-order chi connectivity index (χ1) is 13.9. The summed E-state index contributed by atoms with van der Waals surface area (Å²) in [6.45, 7) is 3.50. The molecule has 0 fully saturated rings. The van der Waals surface area contributed by atoms with Gasteiger partial charge in [0.25, 0.3) is 11.6 Å². The number of carbonyl (C=O) groups excluding carboxylic acids is 1. The van der Waals surface area contributed by atoms with Crippen LogP contribution in [-0.2, 0) is 11.0 Å². The number of rotatable bonds is 4. The summed E-state index contributed by atoms with van der Waals surface area (Å²) in [5, 5.41) is 13.7. The fourth-order valence-electron chi connectivity index (χ4n) is 2.91. The third-order valence-electron chi connectivity index (χ3n) is 4.37. The third kappa shape index (κ3) is 4.45. The second-order valence-corrected chi connectivity index (χ2v) is 8.67. The number of nitro groups is 1. The van der Waals surface area contributed by atoms with Gasteiger partial charge in [-0.1, -0.05) is 11.8 Å². The van der Waals surface area contributed by atoms with Gasteiger partial charge in [-0.25, -0.2) is 4.39 Å². The number of anilines is 1. The Labute approximate surface area is 172 Å². The number of thioether (sulfide) groups is 1. The van der Waals surface area contributed by atoms with Crippen molar-refractivity contribution in [1.29, 1.82) is 0 Å². The fraction of sp³-hybridized carbons (Fsp3) is 0.263. The number of alkyl halides is 3. The average Bonchev–Trinajstić information content (AvgIpc) is 2.96. The van der Waals surface area contributed by atoms with Gasteiger partial charge < -0.3 is 5.32 Å². The molecule has 1 amide bonds. The number of halogens is 4. The highest BCUT2D eigenvalue weighted by atomic mass is 32.2. The Kier molecular flexibility index (Phi) is 5.59. The van der Waals surface area contributed by atoms with Gasteiger partial charge in [-0.2, -0.15) is 13.2 Å². The van der Waals surface area contributed by atoms with Crippen molar-refractivity contribution in [3.8, 4) is 0 Å². The van der Waals surface area contributed by atoms with E-state index in [-0.39, 0.29) is 5.69 Å². The number of aliphatic imine (C=N–C) groups is 1. The SMILES string of the molecule is CC1(C)SC(c2ccc(F)cc2)=NC1C(=O)Nc1ccc([N+](=O)[O-])c(C(F)(F)F)c1. The van der Waals surface area contributed by atoms with E-state index in [1.165, 1.54) is 36.0 Å². The Hall–Kier alpha value is -2.95. The molecule has 158 valence electrons. The van der Waals surface area contributed by atoms with Crippen LogP contribution in [0.5, 0.6) is 0 Å². The van der Waals surface area contributed by atoms with Gasteiger partial charge in [0.1, 0.15) is 17.4 Å². The highest BCUT2D eigenvalue weighted by molar-refractivity contribution is 8.15. The second-order valence-electron chi connectivity index (χ2n) is 7.03. The Morgan fingerprint density at radius 2 is 1.83 bits per heavy atom. The quantitative estimate of drug-likeness (QED) is 0.410. The lowest BCUT2D eigenvalue weighted by molar-refractivity contribution is -0.388. The number of hydrogen-bond acceptors (Lipinski definition) is 5. The van der Waals surface area contributed by atoms with Crippen molar-refractivity contribution in [2.45, 2.75) is 30.8 Å². The molecular weight excluding hydrogens is 426 g/mol. The fourth-order valence-corrected chi connectivity index (χ4v) is 4.10. The molecule has 11 heteroatoms. The largest absolute Gasteiger partial charge is 0.423 e. The molecule has 0 radical (unpaired) electrons. The number of amides is 1. The van der Waals surface area contributed by atoms with Crippen LogP contribution in [0.2, 0.25) is 0 Å². The van der Waals surface area contributed by atoms with Gasteiger partial charge in [0.05, 0.1) is 9.97 Å². The van der Waals surface area contributed by atoms with Gasteiger partial charge >= 0.3 is 6.18 Å². The van der Waals surface area contributed by atoms with Crippen LogP contribution in [0, 0.1) is 15.9 Å². The number of carbonyl (C=O) groups is 1. The Morgan fingerprint density at radius 3 is 2.40 bits per heavy atom. The molecule has 1 atom stereocenters. The molecule has 6 nitrogen and oxygen atoms in total. The minimum absolute atomic E-state index is 0.232. The summed E-state index contributed by atoms with van der Waals surface area (Å²) in [4.78, 5) is 26.8. The minimum atomic E-state index is -4.96. The van der Waals surface area contributed by atoms with Gasteiger partial charge in [0.2, 0.25) is 0 Å². The Morgan fingerprint density at radius 1 is 1.20 bits per heavy atom. The molecule has 30 heavy (non-hydrogen) atoms. The van der Waals surface area contributed by atoms with Crippen LogP contribution in [0.3, 0.4) is 0 Å². The number of nitro benzene ring substituents is 1. The lowest BCUT2D eigenvalue weighted by Crippen LogP contribution is -2.39. The molecule has 1 aliphatic heterocycles. The minimum Gasteiger partial charge on any atom is -0.324 e. The Balaban J connectivity index is 1.88. The van der Waals surface area contributed by atoms with E-state index in [2.05, 4.69) is 10.3 Å². The first-order valence-electron chi connectivity index (χ1n) is 8.58. The zero-order valence-corrected chi connectivity index (χ0v) is 16.5. The average molecular weight is 441 g/mol. The standard InChI is InChI=1S/C19H15F4N3O3S/c1-18(2)15(25-17(30-18)10-3-5-11(20)6-4-10)16(27)24-12-7-8-14(26(28)29)13(9-12)19(21,22)23/h3-9,15H,1-2H3,(H,24,27). The second kappa shape index (κ2) is 7.71. The van der Waals surface area contributed by atoms with E-state index in [0.29, 0.717) is 22.7 Å². The molecule has 2 aromatic rings. The van der Waals surface area contributed by atoms with Crippen molar-refractivity contribution in [3.63, 3.8) is 0 Å². The van der Waals surface area contributed by atoms with Crippen LogP contribution >= 0.6 is 11.8 Å². The molecule has 2 aromatic carbocycles. The van der Waals surface area contributed by atoms with Crippen molar-refractivity contribution >= 4 is 34.1 Å². The molecular formula is C19H15F4N3O3S. The monoisotopic (exact) mass is 441 g/mol. The van der Waals surface area contributed by atoms with Crippen molar-refractivity contribution < 1.29 is 27.3 Å². The first-order valence-corrected chi connectivity index (χ1v) is 9.39. The van der Waals surface area contributed by atoms with E-state index in [4.69, 9.17) is 0 Å². The topological polar surface area (TPSA) is 84.6 Å². The normalized spacial score (nSPS) is 18.1. The lowest BCUT2D eigenvalue weighted by atomic mass is 10.0. The van der Waals surface area contributed by atoms with Gasteiger partial charge in [-0.15, -0.1) is 0 Å². The highest BCUT2D eigenvalue weighted by Gasteiger charge is 2.43. The van der Waals surface area contributed by atoms with E-state index < -0.39 is 44.9 Å². The smallest absolute Gasteiger partial charge is 0.324 e. The van der Waals surface area contributed by atoms with E-state index >= 15 is 0 Å². The molecule has 3 rings (SSSR count). The van der Waals surface area contributed by atoms with Crippen LogP contribution in [0.1, 0.15) is 25.0 Å². The predicted molar refractivity (Wildman–Crippen MR) is 105 cm³/mol. The zero-order chi connectivity index (χ0) is 22.3. The molecule has 0 aliphatic carbocycles. The molecule has 1 aliphatic rings. The van der Waals surface area contributed by atoms with Gasteiger partial charge in [-0.05, 0) is 50.2 Å². The van der Waals surface area contributed by atoms with E-state index in [0.717, 1.165) is 6.07 Å². The number of hydrogen-bond donors (Lipinski definition) is 1. The molecule has 0 spiro atoms. The summed E-state index contributed by atoms with van der Waals surface area (Å²) in [5.74, 6) is -1.08. The lowest BCUT2D eigenvalue weighted by Gasteiger charge is -2.23. The van der Waals surface area contributed by atoms with Crippen molar-refractivity contribution in [2.24, 2.45) is 4.99 Å². The first kappa shape index (κ1) is 21.8.